The molecule has 0 fully saturated rings. The summed E-state index contributed by atoms with van der Waals surface area (Å²) in [7, 11) is 1.57. The molecule has 0 radical (unpaired) electrons. The third kappa shape index (κ3) is 6.77. The van der Waals surface area contributed by atoms with Crippen LogP contribution >= 0.6 is 0 Å². The van der Waals surface area contributed by atoms with Crippen LogP contribution in [-0.4, -0.2) is 32.1 Å². The Morgan fingerprint density at radius 1 is 1.26 bits per heavy atom. The molecule has 1 unspecified atom stereocenters. The van der Waals surface area contributed by atoms with Gasteiger partial charge < -0.3 is 20.5 Å². The lowest BCUT2D eigenvalue weighted by atomic mass is 9.89. The van der Waals surface area contributed by atoms with E-state index in [1.807, 2.05) is 20.8 Å². The zero-order chi connectivity index (χ0) is 17.7. The van der Waals surface area contributed by atoms with Gasteiger partial charge in [-0.3, -0.25) is 4.99 Å². The molecule has 5 nitrogen and oxygen atoms in total. The Balaban J connectivity index is 2.81. The van der Waals surface area contributed by atoms with Crippen LogP contribution in [-0.2, 0) is 4.74 Å². The molecule has 130 valence electrons. The minimum absolute atomic E-state index is 0.0190. The third-order valence-corrected chi connectivity index (χ3v) is 3.05. The molecule has 0 aliphatic heterocycles. The van der Waals surface area contributed by atoms with Gasteiger partial charge >= 0.3 is 6.36 Å². The number of nitrogens with one attached hydrogen (secondary N) is 1. The predicted octanol–water partition coefficient (Wildman–Crippen LogP) is 3.37. The van der Waals surface area contributed by atoms with Crippen molar-refractivity contribution >= 4 is 11.6 Å². The van der Waals surface area contributed by atoms with Crippen LogP contribution in [0.5, 0.6) is 5.75 Å². The molecule has 1 rings (SSSR count). The minimum atomic E-state index is -4.78. The Morgan fingerprint density at radius 3 is 2.39 bits per heavy atom. The Hall–Kier alpha value is -1.96. The number of hydrogen-bond donors (Lipinski definition) is 2. The van der Waals surface area contributed by atoms with Crippen LogP contribution in [0, 0.1) is 5.41 Å². The first-order valence-electron chi connectivity index (χ1n) is 6.97. The van der Waals surface area contributed by atoms with E-state index in [9.17, 15) is 13.2 Å². The maximum atomic E-state index is 12.4. The number of nitrogens with two attached hydrogens (primary N) is 1. The zero-order valence-electron chi connectivity index (χ0n) is 13.6. The second-order valence-corrected chi connectivity index (χ2v) is 5.99. The first-order valence-corrected chi connectivity index (χ1v) is 6.97. The van der Waals surface area contributed by atoms with E-state index in [0.717, 1.165) is 0 Å². The highest BCUT2D eigenvalue weighted by Gasteiger charge is 2.32. The second kappa shape index (κ2) is 7.54. The number of aliphatic imine (C=N–C) groups is 1. The van der Waals surface area contributed by atoms with Crippen molar-refractivity contribution in [2.45, 2.75) is 33.2 Å². The van der Waals surface area contributed by atoms with Crippen LogP contribution in [0.4, 0.5) is 18.9 Å². The molecule has 0 aliphatic carbocycles. The van der Waals surface area contributed by atoms with Gasteiger partial charge in [-0.05, 0) is 17.5 Å². The Kier molecular flexibility index (Phi) is 6.26. The summed E-state index contributed by atoms with van der Waals surface area (Å²) < 4.78 is 46.4. The Bertz CT molecular complexity index is 540. The fourth-order valence-electron chi connectivity index (χ4n) is 1.84. The summed E-state index contributed by atoms with van der Waals surface area (Å²) in [5, 5.41) is 2.61. The third-order valence-electron chi connectivity index (χ3n) is 3.05. The molecular weight excluding hydrogens is 311 g/mol. The van der Waals surface area contributed by atoms with Gasteiger partial charge in [-0.25, -0.2) is 0 Å². The summed E-state index contributed by atoms with van der Waals surface area (Å²) in [4.78, 5) is 4.12. The largest absolute Gasteiger partial charge is 0.573 e. The molecule has 1 aromatic carbocycles. The van der Waals surface area contributed by atoms with Crippen molar-refractivity contribution in [1.82, 2.24) is 0 Å². The molecule has 3 N–H and O–H groups in total. The lowest BCUT2D eigenvalue weighted by Gasteiger charge is -2.28. The van der Waals surface area contributed by atoms with Gasteiger partial charge in [0.25, 0.3) is 0 Å². The number of benzene rings is 1. The number of para-hydroxylation sites is 2. The van der Waals surface area contributed by atoms with Crippen molar-refractivity contribution in [3.05, 3.63) is 24.3 Å². The number of ether oxygens (including phenoxy) is 2. The Labute approximate surface area is 133 Å². The van der Waals surface area contributed by atoms with Crippen molar-refractivity contribution in [3.63, 3.8) is 0 Å². The molecule has 8 heteroatoms. The van der Waals surface area contributed by atoms with E-state index in [4.69, 9.17) is 10.5 Å². The number of hydrogen-bond acceptors (Lipinski definition) is 3. The summed E-state index contributed by atoms with van der Waals surface area (Å²) in [5.74, 6) is -0.396. The predicted molar refractivity (Wildman–Crippen MR) is 83.5 cm³/mol. The molecule has 0 heterocycles. The number of rotatable bonds is 5. The second-order valence-electron chi connectivity index (χ2n) is 5.99. The SMILES string of the molecule is COC(CN=C(N)Nc1ccccc1OC(F)(F)F)C(C)(C)C. The van der Waals surface area contributed by atoms with Crippen LogP contribution in [0.15, 0.2) is 29.3 Å². The van der Waals surface area contributed by atoms with Crippen LogP contribution < -0.4 is 15.8 Å². The highest BCUT2D eigenvalue weighted by atomic mass is 19.4. The lowest BCUT2D eigenvalue weighted by Crippen LogP contribution is -2.33. The van der Waals surface area contributed by atoms with E-state index >= 15 is 0 Å². The molecule has 23 heavy (non-hydrogen) atoms. The minimum Gasteiger partial charge on any atom is -0.404 e. The molecule has 0 aliphatic rings. The van der Waals surface area contributed by atoms with Crippen molar-refractivity contribution in [2.24, 2.45) is 16.1 Å². The maximum Gasteiger partial charge on any atom is 0.573 e. The maximum absolute atomic E-state index is 12.4. The van der Waals surface area contributed by atoms with Crippen LogP contribution in [0.25, 0.3) is 0 Å². The van der Waals surface area contributed by atoms with Gasteiger partial charge in [0.05, 0.1) is 18.3 Å². The Morgan fingerprint density at radius 2 is 1.87 bits per heavy atom. The van der Waals surface area contributed by atoms with Crippen molar-refractivity contribution < 1.29 is 22.6 Å². The summed E-state index contributed by atoms with van der Waals surface area (Å²) in [6.45, 7) is 6.26. The monoisotopic (exact) mass is 333 g/mol. The van der Waals surface area contributed by atoms with Gasteiger partial charge in [-0.15, -0.1) is 13.2 Å². The normalized spacial score (nSPS) is 14.5. The average Bonchev–Trinajstić information content (AvgIpc) is 2.38. The van der Waals surface area contributed by atoms with E-state index in [-0.39, 0.29) is 35.5 Å². The number of guanidine groups is 1. The van der Waals surface area contributed by atoms with E-state index in [0.29, 0.717) is 0 Å². The van der Waals surface area contributed by atoms with Gasteiger partial charge in [0.15, 0.2) is 11.7 Å². The first kappa shape index (κ1) is 19.1. The van der Waals surface area contributed by atoms with E-state index in [1.54, 1.807) is 13.2 Å². The molecule has 0 spiro atoms. The van der Waals surface area contributed by atoms with E-state index in [1.165, 1.54) is 18.2 Å². The van der Waals surface area contributed by atoms with Crippen LogP contribution in [0.1, 0.15) is 20.8 Å². The number of anilines is 1. The highest BCUT2D eigenvalue weighted by Crippen LogP contribution is 2.29. The van der Waals surface area contributed by atoms with E-state index < -0.39 is 6.36 Å². The molecular formula is C15H22F3N3O2. The number of halogens is 3. The number of nitrogens with zero attached hydrogens (tertiary/aromatic N) is 1. The standard InChI is InChI=1S/C15H22F3N3O2/c1-14(2,3)12(22-4)9-20-13(19)21-10-7-5-6-8-11(10)23-15(16,17)18/h5-8,12H,9H2,1-4H3,(H3,19,20,21). The fourth-order valence-corrected chi connectivity index (χ4v) is 1.84. The molecule has 0 saturated heterocycles. The summed E-state index contributed by atoms with van der Waals surface area (Å²) in [6.07, 6.45) is -4.96. The molecule has 0 aromatic heterocycles. The van der Waals surface area contributed by atoms with Crippen LogP contribution in [0.2, 0.25) is 0 Å². The molecule has 0 saturated carbocycles. The van der Waals surface area contributed by atoms with Gasteiger partial charge in [0, 0.05) is 7.11 Å². The van der Waals surface area contributed by atoms with Crippen molar-refractivity contribution in [2.75, 3.05) is 19.0 Å². The smallest absolute Gasteiger partial charge is 0.404 e. The van der Waals surface area contributed by atoms with Crippen molar-refractivity contribution in [3.8, 4) is 5.75 Å². The number of alkyl halides is 3. The summed E-state index contributed by atoms with van der Waals surface area (Å²) >= 11 is 0. The molecule has 1 aromatic rings. The lowest BCUT2D eigenvalue weighted by molar-refractivity contribution is -0.274. The van der Waals surface area contributed by atoms with Gasteiger partial charge in [0.2, 0.25) is 0 Å². The summed E-state index contributed by atoms with van der Waals surface area (Å²) in [5.41, 5.74) is 5.67. The van der Waals surface area contributed by atoms with Crippen molar-refractivity contribution in [1.29, 1.82) is 0 Å². The zero-order valence-corrected chi connectivity index (χ0v) is 13.6. The van der Waals surface area contributed by atoms with Gasteiger partial charge in [-0.2, -0.15) is 0 Å². The highest BCUT2D eigenvalue weighted by molar-refractivity contribution is 5.93. The molecule has 0 amide bonds. The van der Waals surface area contributed by atoms with E-state index in [2.05, 4.69) is 15.0 Å². The van der Waals surface area contributed by atoms with Gasteiger partial charge in [0.1, 0.15) is 0 Å². The quantitative estimate of drug-likeness (QED) is 0.640. The first-order chi connectivity index (χ1) is 10.5. The fraction of sp³-hybridized carbons (Fsp3) is 0.533. The molecule has 0 bridgehead atoms. The van der Waals surface area contributed by atoms with Crippen LogP contribution in [0.3, 0.4) is 0 Å². The average molecular weight is 333 g/mol. The topological polar surface area (TPSA) is 68.9 Å². The molecule has 1 atom stereocenters. The summed E-state index contributed by atoms with van der Waals surface area (Å²) in [6, 6.07) is 5.60. The number of methoxy groups -OCH3 is 1. The van der Waals surface area contributed by atoms with Gasteiger partial charge in [-0.1, -0.05) is 32.9 Å².